The van der Waals surface area contributed by atoms with Gasteiger partial charge >= 0.3 is 0 Å². The largest absolute Gasteiger partial charge is 0.396 e. The topological polar surface area (TPSA) is 125 Å². The van der Waals surface area contributed by atoms with E-state index in [9.17, 15) is 14.7 Å². The van der Waals surface area contributed by atoms with Crippen LogP contribution in [0.1, 0.15) is 54.4 Å². The number of pyridine rings is 2. The zero-order valence-corrected chi connectivity index (χ0v) is 29.5. The van der Waals surface area contributed by atoms with Crippen LogP contribution in [0.2, 0.25) is 0 Å². The fraction of sp³-hybridized carbons (Fsp3) is 0.286. The van der Waals surface area contributed by atoms with Crippen LogP contribution in [0.5, 0.6) is 0 Å². The van der Waals surface area contributed by atoms with Crippen LogP contribution in [0.4, 0.5) is 0 Å². The van der Waals surface area contributed by atoms with E-state index in [2.05, 4.69) is 38.6 Å². The Balaban J connectivity index is 0.000000197. The highest BCUT2D eigenvalue weighted by Gasteiger charge is 2.22. The highest BCUT2D eigenvalue weighted by Crippen LogP contribution is 2.21. The Morgan fingerprint density at radius 2 is 1.21 bits per heavy atom. The number of hydrogen-bond donors (Lipinski definition) is 1. The molecular weight excluding hydrogens is 688 g/mol. The van der Waals surface area contributed by atoms with Gasteiger partial charge in [-0.2, -0.15) is 0 Å². The molecule has 4 aromatic heterocycles. The van der Waals surface area contributed by atoms with E-state index in [1.807, 2.05) is 66.7 Å². The van der Waals surface area contributed by atoms with Gasteiger partial charge < -0.3 is 9.84 Å². The molecule has 1 N–H and O–H groups in total. The molecule has 0 radical (unpaired) electrons. The summed E-state index contributed by atoms with van der Waals surface area (Å²) in [6, 6.07) is 22.3. The van der Waals surface area contributed by atoms with Gasteiger partial charge in [-0.25, -0.2) is 19.9 Å². The van der Waals surface area contributed by atoms with Gasteiger partial charge in [0.25, 0.3) is 11.1 Å². The standard InChI is InChI=1S/C21H19N3O2.C20H17N3O2.CH4.ClH/c1-26-14-16-7-10-20-23-19-12-15(5-8-17-4-2-3-11-22-17)6-9-18(19)21(25)24(20)13-16;24-13-15-6-9-19-22-18-11-14(4-7-16-3-1-2-10-21-16)5-8-17(18)20(25)23(19)12-15;;/h2-4,6,9,11-12,16H,7,10,13-14H2,1H3;1-3,5,8,10-11,15,24H,6,9,12-13H2;1H4;1H. The van der Waals surface area contributed by atoms with Crippen LogP contribution in [-0.2, 0) is 30.7 Å². The number of fused-ring (bicyclic) bond motifs is 4. The average molecular weight is 729 g/mol. The van der Waals surface area contributed by atoms with E-state index in [-0.39, 0.29) is 43.5 Å². The number of halogens is 1. The Kier molecular flexibility index (Phi) is 12.9. The highest BCUT2D eigenvalue weighted by molar-refractivity contribution is 5.85. The molecule has 0 fully saturated rings. The molecule has 0 saturated heterocycles. The van der Waals surface area contributed by atoms with E-state index in [0.29, 0.717) is 59.5 Å². The molecule has 10 nitrogen and oxygen atoms in total. The van der Waals surface area contributed by atoms with Crippen LogP contribution in [0, 0.1) is 35.5 Å². The third kappa shape index (κ3) is 8.88. The summed E-state index contributed by atoms with van der Waals surface area (Å²) in [6.07, 6.45) is 6.77. The summed E-state index contributed by atoms with van der Waals surface area (Å²) < 4.78 is 8.75. The van der Waals surface area contributed by atoms with Crippen molar-refractivity contribution in [3.05, 3.63) is 140 Å². The zero-order valence-electron chi connectivity index (χ0n) is 28.7. The second-order valence-corrected chi connectivity index (χ2v) is 12.7. The fourth-order valence-electron chi connectivity index (χ4n) is 6.48. The third-order valence-corrected chi connectivity index (χ3v) is 9.16. The van der Waals surface area contributed by atoms with Crippen LogP contribution >= 0.6 is 12.4 Å². The van der Waals surface area contributed by atoms with Crippen LogP contribution in [0.15, 0.2) is 94.8 Å². The third-order valence-electron chi connectivity index (χ3n) is 9.16. The molecule has 2 aromatic carbocycles. The van der Waals surface area contributed by atoms with E-state index in [1.165, 1.54) is 0 Å². The lowest BCUT2D eigenvalue weighted by molar-refractivity contribution is 0.130. The fourth-order valence-corrected chi connectivity index (χ4v) is 6.48. The van der Waals surface area contributed by atoms with Gasteiger partial charge in [-0.1, -0.05) is 31.4 Å². The maximum atomic E-state index is 12.8. The van der Waals surface area contributed by atoms with E-state index in [4.69, 9.17) is 9.72 Å². The molecule has 0 bridgehead atoms. The summed E-state index contributed by atoms with van der Waals surface area (Å²) >= 11 is 0. The van der Waals surface area contributed by atoms with Crippen LogP contribution in [0.3, 0.4) is 0 Å². The number of rotatable bonds is 3. The van der Waals surface area contributed by atoms with Crippen molar-refractivity contribution >= 4 is 34.2 Å². The Morgan fingerprint density at radius 3 is 1.66 bits per heavy atom. The van der Waals surface area contributed by atoms with E-state index in [1.54, 1.807) is 34.7 Å². The van der Waals surface area contributed by atoms with Crippen molar-refractivity contribution in [2.24, 2.45) is 11.8 Å². The first-order chi connectivity index (χ1) is 25.0. The maximum Gasteiger partial charge on any atom is 0.261 e. The summed E-state index contributed by atoms with van der Waals surface area (Å²) in [6.45, 7) is 1.99. The van der Waals surface area contributed by atoms with E-state index in [0.717, 1.165) is 47.7 Å². The minimum atomic E-state index is -0.0395. The molecule has 53 heavy (non-hydrogen) atoms. The van der Waals surface area contributed by atoms with Gasteiger partial charge in [-0.05, 0) is 85.3 Å². The molecular formula is C42H41ClN6O4. The molecule has 0 saturated carbocycles. The number of aliphatic hydroxyl groups is 1. The number of aliphatic hydroxyl groups excluding tert-OH is 1. The molecule has 2 aliphatic rings. The number of ether oxygens (including phenoxy) is 1. The lowest BCUT2D eigenvalue weighted by Gasteiger charge is -2.25. The molecule has 8 rings (SSSR count). The molecule has 2 atom stereocenters. The van der Waals surface area contributed by atoms with Crippen molar-refractivity contribution in [2.45, 2.75) is 46.2 Å². The molecule has 6 heterocycles. The van der Waals surface area contributed by atoms with Gasteiger partial charge in [0.05, 0.1) is 28.4 Å². The Bertz CT molecular complexity index is 2460. The van der Waals surface area contributed by atoms with Gasteiger partial charge in [-0.3, -0.25) is 18.7 Å². The van der Waals surface area contributed by atoms with Gasteiger partial charge in [0.1, 0.15) is 23.0 Å². The molecule has 0 aliphatic carbocycles. The van der Waals surface area contributed by atoms with E-state index >= 15 is 0 Å². The first kappa shape index (κ1) is 38.6. The van der Waals surface area contributed by atoms with Crippen molar-refractivity contribution in [2.75, 3.05) is 20.3 Å². The zero-order chi connectivity index (χ0) is 35.2. The Hall–Kier alpha value is -5.65. The Morgan fingerprint density at radius 1 is 0.717 bits per heavy atom. The first-order valence-electron chi connectivity index (χ1n) is 17.0. The van der Waals surface area contributed by atoms with Crippen molar-refractivity contribution in [3.8, 4) is 23.7 Å². The summed E-state index contributed by atoms with van der Waals surface area (Å²) in [7, 11) is 1.70. The molecule has 11 heteroatoms. The van der Waals surface area contributed by atoms with Crippen molar-refractivity contribution in [1.82, 2.24) is 29.1 Å². The van der Waals surface area contributed by atoms with Crippen LogP contribution in [0.25, 0.3) is 21.8 Å². The smallest absolute Gasteiger partial charge is 0.261 e. The summed E-state index contributed by atoms with van der Waals surface area (Å²) in [4.78, 5) is 43.3. The van der Waals surface area contributed by atoms with Gasteiger partial charge in [0.2, 0.25) is 0 Å². The predicted molar refractivity (Wildman–Crippen MR) is 209 cm³/mol. The first-order valence-corrected chi connectivity index (χ1v) is 17.0. The number of nitrogens with zero attached hydrogens (tertiary/aromatic N) is 6. The predicted octanol–water partition coefficient (Wildman–Crippen LogP) is 5.20. The molecule has 270 valence electrons. The van der Waals surface area contributed by atoms with Crippen LogP contribution in [-0.4, -0.2) is 54.5 Å². The van der Waals surface area contributed by atoms with E-state index < -0.39 is 0 Å². The number of hydrogen-bond acceptors (Lipinski definition) is 8. The van der Waals surface area contributed by atoms with Crippen LogP contribution < -0.4 is 11.1 Å². The molecule has 2 aliphatic heterocycles. The number of methoxy groups -OCH3 is 1. The minimum absolute atomic E-state index is 0. The van der Waals surface area contributed by atoms with Gasteiger partial charge in [-0.15, -0.1) is 12.4 Å². The summed E-state index contributed by atoms with van der Waals surface area (Å²) in [5.41, 5.74) is 4.42. The Labute approximate surface area is 314 Å². The molecule has 2 unspecified atom stereocenters. The quantitative estimate of drug-likeness (QED) is 0.247. The maximum absolute atomic E-state index is 12.8. The molecule has 0 amide bonds. The summed E-state index contributed by atoms with van der Waals surface area (Å²) in [5.74, 6) is 14.4. The molecule has 0 spiro atoms. The molecule has 6 aromatic rings. The highest BCUT2D eigenvalue weighted by atomic mass is 35.5. The monoisotopic (exact) mass is 728 g/mol. The van der Waals surface area contributed by atoms with Crippen molar-refractivity contribution in [1.29, 1.82) is 0 Å². The van der Waals surface area contributed by atoms with Crippen molar-refractivity contribution < 1.29 is 9.84 Å². The number of aryl methyl sites for hydroxylation is 2. The lowest BCUT2D eigenvalue weighted by atomic mass is 9.99. The van der Waals surface area contributed by atoms with Gasteiger partial charge in [0, 0.05) is 75.0 Å². The lowest BCUT2D eigenvalue weighted by Crippen LogP contribution is -2.34. The minimum Gasteiger partial charge on any atom is -0.396 e. The second kappa shape index (κ2) is 17.7. The normalized spacial score (nSPS) is 15.4. The SMILES string of the molecule is C.COCC1CCc2nc3cc(C#Cc4ccccn4)ccc3c(=O)n2C1.Cl.O=c1c2ccc(C#Cc3ccccn3)cc2nc2n1CC(CO)CC2. The van der Waals surface area contributed by atoms with Gasteiger partial charge in [0.15, 0.2) is 0 Å². The van der Waals surface area contributed by atoms with Crippen molar-refractivity contribution in [3.63, 3.8) is 0 Å². The second-order valence-electron chi connectivity index (χ2n) is 12.7. The number of aromatic nitrogens is 6. The summed E-state index contributed by atoms with van der Waals surface area (Å²) in [5, 5.41) is 10.6. The average Bonchev–Trinajstić information content (AvgIpc) is 3.17. The number of benzene rings is 2.